The van der Waals surface area contributed by atoms with Gasteiger partial charge in [-0.1, -0.05) is 43.9 Å². The van der Waals surface area contributed by atoms with Crippen molar-refractivity contribution in [3.63, 3.8) is 0 Å². The second-order valence-corrected chi connectivity index (χ2v) is 13.8. The van der Waals surface area contributed by atoms with Crippen LogP contribution in [0.15, 0.2) is 36.4 Å². The van der Waals surface area contributed by atoms with Gasteiger partial charge in [0.25, 0.3) is 5.91 Å². The number of hydrogen-bond donors (Lipinski definition) is 1. The Kier molecular flexibility index (Phi) is 6.91. The normalized spacial score (nSPS) is 15.3. The molecule has 0 saturated carbocycles. The number of methoxy groups -OCH3 is 1. The monoisotopic (exact) mass is 446 g/mol. The van der Waals surface area contributed by atoms with Crippen LogP contribution in [0.3, 0.4) is 0 Å². The zero-order valence-electron chi connectivity index (χ0n) is 18.3. The van der Waals surface area contributed by atoms with E-state index < -0.39 is 31.7 Å². The number of benzene rings is 2. The van der Waals surface area contributed by atoms with Crippen molar-refractivity contribution < 1.29 is 23.1 Å². The lowest BCUT2D eigenvalue weighted by Gasteiger charge is -2.27. The van der Waals surface area contributed by atoms with E-state index in [1.54, 1.807) is 19.2 Å². The first kappa shape index (κ1) is 23.1. The Morgan fingerprint density at radius 3 is 2.26 bits per heavy atom. The van der Waals surface area contributed by atoms with Gasteiger partial charge in [-0.15, -0.1) is 0 Å². The van der Waals surface area contributed by atoms with Crippen molar-refractivity contribution in [2.24, 2.45) is 0 Å². The Morgan fingerprint density at radius 1 is 1.16 bits per heavy atom. The Balaban J connectivity index is 1.91. The van der Waals surface area contributed by atoms with Gasteiger partial charge in [0.05, 0.1) is 14.7 Å². The standard InChI is InChI=1S/C23H28F2N2O3Si/c1-30-14-15-7-9-16(10-8-15)21(27-11-5-6-20(27)28)23(29)26-17-12-18(24)22(19(25)13-17)31(2,3)4/h7-10,12-13,21H,5-6,11,14H2,1-4H3,(H,26,29). The molecule has 0 radical (unpaired) electrons. The molecule has 5 nitrogen and oxygen atoms in total. The second-order valence-electron chi connectivity index (χ2n) is 8.82. The third-order valence-corrected chi connectivity index (χ3v) is 7.31. The number of halogens is 2. The summed E-state index contributed by atoms with van der Waals surface area (Å²) in [5.41, 5.74) is 1.60. The summed E-state index contributed by atoms with van der Waals surface area (Å²) in [6, 6.07) is 8.65. The molecule has 166 valence electrons. The molecule has 1 aliphatic heterocycles. The van der Waals surface area contributed by atoms with Crippen molar-refractivity contribution in [2.45, 2.75) is 45.1 Å². The first-order valence-electron chi connectivity index (χ1n) is 10.3. The average Bonchev–Trinajstić information content (AvgIpc) is 3.07. The summed E-state index contributed by atoms with van der Waals surface area (Å²) in [4.78, 5) is 27.1. The van der Waals surface area contributed by atoms with E-state index in [2.05, 4.69) is 5.32 Å². The molecule has 1 saturated heterocycles. The van der Waals surface area contributed by atoms with Gasteiger partial charge in [0, 0.05) is 30.9 Å². The van der Waals surface area contributed by atoms with Crippen molar-refractivity contribution in [3.05, 3.63) is 59.2 Å². The van der Waals surface area contributed by atoms with Gasteiger partial charge in [-0.25, -0.2) is 8.78 Å². The van der Waals surface area contributed by atoms with Crippen LogP contribution in [0.2, 0.25) is 19.6 Å². The number of likely N-dealkylation sites (tertiary alicyclic amines) is 1. The number of carbonyl (C=O) groups excluding carboxylic acids is 2. The third kappa shape index (κ3) is 5.19. The lowest BCUT2D eigenvalue weighted by atomic mass is 10.0. The topological polar surface area (TPSA) is 58.6 Å². The summed E-state index contributed by atoms with van der Waals surface area (Å²) in [6.07, 6.45) is 1.04. The van der Waals surface area contributed by atoms with Crippen LogP contribution in [-0.2, 0) is 20.9 Å². The summed E-state index contributed by atoms with van der Waals surface area (Å²) in [7, 11) is -0.632. The van der Waals surface area contributed by atoms with Crippen molar-refractivity contribution in [2.75, 3.05) is 19.0 Å². The fourth-order valence-corrected chi connectivity index (χ4v) is 5.53. The van der Waals surface area contributed by atoms with E-state index in [9.17, 15) is 18.4 Å². The van der Waals surface area contributed by atoms with Crippen molar-refractivity contribution >= 4 is 30.8 Å². The largest absolute Gasteiger partial charge is 0.380 e. The van der Waals surface area contributed by atoms with Crippen LogP contribution in [-0.4, -0.2) is 38.4 Å². The van der Waals surface area contributed by atoms with Crippen LogP contribution in [0, 0.1) is 11.6 Å². The van der Waals surface area contributed by atoms with Gasteiger partial charge in [-0.2, -0.15) is 0 Å². The molecule has 1 N–H and O–H groups in total. The molecular weight excluding hydrogens is 418 g/mol. The number of hydrogen-bond acceptors (Lipinski definition) is 3. The highest BCUT2D eigenvalue weighted by molar-refractivity contribution is 6.88. The Morgan fingerprint density at radius 2 is 1.77 bits per heavy atom. The maximum Gasteiger partial charge on any atom is 0.251 e. The lowest BCUT2D eigenvalue weighted by molar-refractivity contribution is -0.135. The highest BCUT2D eigenvalue weighted by atomic mass is 28.3. The summed E-state index contributed by atoms with van der Waals surface area (Å²) in [5, 5.41) is 2.72. The van der Waals surface area contributed by atoms with Gasteiger partial charge in [0.2, 0.25) is 5.91 Å². The quantitative estimate of drug-likeness (QED) is 0.655. The van der Waals surface area contributed by atoms with Gasteiger partial charge >= 0.3 is 0 Å². The molecule has 1 fully saturated rings. The van der Waals surface area contributed by atoms with Crippen LogP contribution in [0.25, 0.3) is 0 Å². The first-order valence-corrected chi connectivity index (χ1v) is 13.8. The van der Waals surface area contributed by atoms with Gasteiger partial charge < -0.3 is 15.0 Å². The summed E-state index contributed by atoms with van der Waals surface area (Å²) >= 11 is 0. The van der Waals surface area contributed by atoms with E-state index in [-0.39, 0.29) is 16.8 Å². The predicted molar refractivity (Wildman–Crippen MR) is 119 cm³/mol. The number of carbonyl (C=O) groups is 2. The van der Waals surface area contributed by atoms with E-state index >= 15 is 0 Å². The minimum Gasteiger partial charge on any atom is -0.380 e. The van der Waals surface area contributed by atoms with Crippen LogP contribution in [0.5, 0.6) is 0 Å². The maximum absolute atomic E-state index is 14.6. The minimum atomic E-state index is -2.23. The van der Waals surface area contributed by atoms with Crippen molar-refractivity contribution in [1.82, 2.24) is 4.90 Å². The molecule has 1 heterocycles. The van der Waals surface area contributed by atoms with E-state index in [0.29, 0.717) is 31.6 Å². The summed E-state index contributed by atoms with van der Waals surface area (Å²) in [6.45, 7) is 6.45. The molecule has 0 aromatic heterocycles. The Labute approximate surface area is 182 Å². The number of ether oxygens (including phenoxy) is 1. The van der Waals surface area contributed by atoms with Gasteiger partial charge in [-0.3, -0.25) is 9.59 Å². The highest BCUT2D eigenvalue weighted by Gasteiger charge is 2.34. The summed E-state index contributed by atoms with van der Waals surface area (Å²) in [5.74, 6) is -1.94. The Hall–Kier alpha value is -2.58. The minimum absolute atomic E-state index is 0.0367. The molecular formula is C23H28F2N2O3Si. The fraction of sp³-hybridized carbons (Fsp3) is 0.391. The first-order chi connectivity index (χ1) is 14.6. The molecule has 0 bridgehead atoms. The van der Waals surface area contributed by atoms with Crippen LogP contribution < -0.4 is 10.5 Å². The van der Waals surface area contributed by atoms with Crippen LogP contribution in [0.1, 0.15) is 30.0 Å². The van der Waals surface area contributed by atoms with E-state index in [1.165, 1.54) is 4.90 Å². The second kappa shape index (κ2) is 9.28. The predicted octanol–water partition coefficient (Wildman–Crippen LogP) is 3.96. The molecule has 2 aromatic carbocycles. The number of nitrogens with one attached hydrogen (secondary N) is 1. The van der Waals surface area contributed by atoms with Gasteiger partial charge in [-0.05, 0) is 29.7 Å². The molecule has 1 unspecified atom stereocenters. The molecule has 31 heavy (non-hydrogen) atoms. The SMILES string of the molecule is COCc1ccc(C(C(=O)Nc2cc(F)c([Si](C)(C)C)c(F)c2)N2CCCC2=O)cc1. The number of rotatable bonds is 7. The zero-order valence-corrected chi connectivity index (χ0v) is 19.3. The maximum atomic E-state index is 14.6. The molecule has 3 rings (SSSR count). The van der Waals surface area contributed by atoms with Gasteiger partial charge in [0.1, 0.15) is 17.7 Å². The van der Waals surface area contributed by atoms with Crippen molar-refractivity contribution in [1.29, 1.82) is 0 Å². The Bertz CT molecular complexity index is 951. The lowest BCUT2D eigenvalue weighted by Crippen LogP contribution is -2.42. The number of amides is 2. The van der Waals surface area contributed by atoms with E-state index in [1.807, 2.05) is 31.8 Å². The van der Waals surface area contributed by atoms with Crippen molar-refractivity contribution in [3.8, 4) is 0 Å². The molecule has 2 aromatic rings. The molecule has 8 heteroatoms. The van der Waals surface area contributed by atoms with Crippen LogP contribution in [0.4, 0.5) is 14.5 Å². The molecule has 1 atom stereocenters. The number of nitrogens with zero attached hydrogens (tertiary/aromatic N) is 1. The third-order valence-electron chi connectivity index (χ3n) is 5.34. The van der Waals surface area contributed by atoms with E-state index in [0.717, 1.165) is 17.7 Å². The van der Waals surface area contributed by atoms with Crippen LogP contribution >= 0.6 is 0 Å². The highest BCUT2D eigenvalue weighted by Crippen LogP contribution is 2.28. The summed E-state index contributed by atoms with van der Waals surface area (Å²) < 4.78 is 34.4. The average molecular weight is 447 g/mol. The molecule has 0 spiro atoms. The smallest absolute Gasteiger partial charge is 0.251 e. The zero-order chi connectivity index (χ0) is 22.8. The fourth-order valence-electron chi connectivity index (χ4n) is 3.95. The van der Waals surface area contributed by atoms with E-state index in [4.69, 9.17) is 4.74 Å². The molecule has 0 aliphatic carbocycles. The number of anilines is 1. The van der Waals surface area contributed by atoms with Gasteiger partial charge in [0.15, 0.2) is 0 Å². The molecule has 1 aliphatic rings. The molecule has 2 amide bonds.